The number of carbonyl (C=O) groups is 1. The number of ketones is 1. The maximum absolute atomic E-state index is 12.3. The Bertz CT molecular complexity index is 1040. The molecule has 0 bridgehead atoms. The van der Waals surface area contributed by atoms with E-state index in [9.17, 15) is 14.9 Å². The molecule has 0 spiro atoms. The van der Waals surface area contributed by atoms with Gasteiger partial charge in [-0.05, 0) is 53.0 Å². The molecule has 148 valence electrons. The van der Waals surface area contributed by atoms with E-state index in [-0.39, 0.29) is 18.2 Å². The van der Waals surface area contributed by atoms with Gasteiger partial charge in [-0.25, -0.2) is 9.55 Å². The summed E-state index contributed by atoms with van der Waals surface area (Å²) in [6.07, 6.45) is 4.52. The lowest BCUT2D eigenvalue weighted by molar-refractivity contribution is -0.392. The van der Waals surface area contributed by atoms with E-state index in [2.05, 4.69) is 20.9 Å². The number of aromatic nitrogens is 2. The fourth-order valence-electron chi connectivity index (χ4n) is 2.69. The zero-order chi connectivity index (χ0) is 20.8. The van der Waals surface area contributed by atoms with Gasteiger partial charge in [0, 0.05) is 17.0 Å². The van der Waals surface area contributed by atoms with E-state index in [0.717, 1.165) is 10.0 Å². The zero-order valence-electron chi connectivity index (χ0n) is 15.6. The van der Waals surface area contributed by atoms with Gasteiger partial charge in [-0.3, -0.25) is 4.79 Å². The second kappa shape index (κ2) is 9.29. The molecular formula is C21H18BrN3O4. The molecular weight excluding hydrogens is 438 g/mol. The van der Waals surface area contributed by atoms with Gasteiger partial charge in [-0.1, -0.05) is 34.1 Å². The first kappa shape index (κ1) is 20.5. The van der Waals surface area contributed by atoms with Crippen molar-refractivity contribution in [2.24, 2.45) is 0 Å². The molecule has 7 nitrogen and oxygen atoms in total. The van der Waals surface area contributed by atoms with Gasteiger partial charge >= 0.3 is 5.82 Å². The normalized spacial score (nSPS) is 11.0. The van der Waals surface area contributed by atoms with Crippen LogP contribution >= 0.6 is 15.9 Å². The third-order valence-electron chi connectivity index (χ3n) is 4.24. The molecule has 8 heteroatoms. The molecule has 0 N–H and O–H groups in total. The van der Waals surface area contributed by atoms with Crippen molar-refractivity contribution in [2.75, 3.05) is 6.61 Å². The van der Waals surface area contributed by atoms with Gasteiger partial charge in [0.2, 0.25) is 0 Å². The van der Waals surface area contributed by atoms with Gasteiger partial charge in [0.15, 0.2) is 11.6 Å². The average Bonchev–Trinajstić information content (AvgIpc) is 3.09. The first-order chi connectivity index (χ1) is 13.9. The van der Waals surface area contributed by atoms with Crippen LogP contribution in [0.3, 0.4) is 0 Å². The third kappa shape index (κ3) is 5.39. The zero-order valence-corrected chi connectivity index (χ0v) is 17.2. The quantitative estimate of drug-likeness (QED) is 0.210. The van der Waals surface area contributed by atoms with Crippen LogP contribution in [-0.2, 0) is 6.54 Å². The second-order valence-electron chi connectivity index (χ2n) is 6.19. The summed E-state index contributed by atoms with van der Waals surface area (Å²) in [5.74, 6) is 0.964. The van der Waals surface area contributed by atoms with Gasteiger partial charge in [0.05, 0.1) is 0 Å². The lowest BCUT2D eigenvalue weighted by atomic mass is 10.1. The molecule has 1 heterocycles. The number of ether oxygens (including phenoxy) is 1. The molecule has 0 atom stereocenters. The highest BCUT2D eigenvalue weighted by molar-refractivity contribution is 9.10. The molecule has 2 aromatic carbocycles. The van der Waals surface area contributed by atoms with E-state index in [4.69, 9.17) is 4.74 Å². The van der Waals surface area contributed by atoms with Crippen LogP contribution in [0.4, 0.5) is 5.82 Å². The molecule has 0 saturated carbocycles. The Hall–Kier alpha value is -3.26. The first-order valence-electron chi connectivity index (χ1n) is 8.81. The lowest BCUT2D eigenvalue weighted by Crippen LogP contribution is -2.11. The topological polar surface area (TPSA) is 87.3 Å². The molecule has 0 aliphatic heterocycles. The Labute approximate surface area is 175 Å². The maximum Gasteiger partial charge on any atom is 0.342 e. The summed E-state index contributed by atoms with van der Waals surface area (Å²) in [4.78, 5) is 26.8. The van der Waals surface area contributed by atoms with E-state index < -0.39 is 4.92 Å². The van der Waals surface area contributed by atoms with E-state index >= 15 is 0 Å². The predicted molar refractivity (Wildman–Crippen MR) is 113 cm³/mol. The predicted octanol–water partition coefficient (Wildman–Crippen LogP) is 4.84. The van der Waals surface area contributed by atoms with E-state index in [1.807, 2.05) is 24.3 Å². The van der Waals surface area contributed by atoms with Crippen molar-refractivity contribution in [1.82, 2.24) is 9.55 Å². The highest BCUT2D eigenvalue weighted by Crippen LogP contribution is 2.16. The summed E-state index contributed by atoms with van der Waals surface area (Å²) in [5.41, 5.74) is 1.48. The molecule has 3 rings (SSSR count). The number of aryl methyl sites for hydroxylation is 1. The van der Waals surface area contributed by atoms with Gasteiger partial charge < -0.3 is 14.9 Å². The molecule has 0 radical (unpaired) electrons. The first-order valence-corrected chi connectivity index (χ1v) is 9.60. The SMILES string of the molecule is Cc1ncc([N+](=O)[O-])n1CCOc1ccc(C(=O)/C=C/c2ccc(Br)cc2)cc1. The molecule has 3 aromatic rings. The van der Waals surface area contributed by atoms with Crippen molar-refractivity contribution >= 4 is 33.6 Å². The highest BCUT2D eigenvalue weighted by Gasteiger charge is 2.16. The van der Waals surface area contributed by atoms with Crippen molar-refractivity contribution in [3.8, 4) is 5.75 Å². The lowest BCUT2D eigenvalue weighted by Gasteiger charge is -2.07. The third-order valence-corrected chi connectivity index (χ3v) is 4.77. The molecule has 29 heavy (non-hydrogen) atoms. The van der Waals surface area contributed by atoms with Crippen LogP contribution in [0.5, 0.6) is 5.75 Å². The van der Waals surface area contributed by atoms with Crippen LogP contribution in [0, 0.1) is 17.0 Å². The van der Waals surface area contributed by atoms with Crippen LogP contribution in [0.25, 0.3) is 6.08 Å². The largest absolute Gasteiger partial charge is 0.489 e. The van der Waals surface area contributed by atoms with Crippen LogP contribution in [0.1, 0.15) is 21.7 Å². The van der Waals surface area contributed by atoms with Crippen LogP contribution < -0.4 is 4.74 Å². The Kier molecular flexibility index (Phi) is 6.56. The second-order valence-corrected chi connectivity index (χ2v) is 7.11. The monoisotopic (exact) mass is 455 g/mol. The molecule has 0 saturated heterocycles. The summed E-state index contributed by atoms with van der Waals surface area (Å²) in [6, 6.07) is 14.4. The van der Waals surface area contributed by atoms with Crippen molar-refractivity contribution < 1.29 is 14.5 Å². The van der Waals surface area contributed by atoms with Gasteiger partial charge in [-0.2, -0.15) is 0 Å². The Morgan fingerprint density at radius 2 is 1.90 bits per heavy atom. The summed E-state index contributed by atoms with van der Waals surface area (Å²) in [5, 5.41) is 11.0. The molecule has 0 amide bonds. The number of imidazole rings is 1. The average molecular weight is 456 g/mol. The van der Waals surface area contributed by atoms with Crippen LogP contribution in [0.15, 0.2) is 65.3 Å². The number of rotatable bonds is 8. The summed E-state index contributed by atoms with van der Waals surface area (Å²) in [7, 11) is 0. The summed E-state index contributed by atoms with van der Waals surface area (Å²) in [6.45, 7) is 2.25. The number of nitro groups is 1. The minimum atomic E-state index is -0.470. The van der Waals surface area contributed by atoms with Crippen molar-refractivity contribution in [1.29, 1.82) is 0 Å². The van der Waals surface area contributed by atoms with Crippen LogP contribution in [-0.4, -0.2) is 26.9 Å². The van der Waals surface area contributed by atoms with Gasteiger partial charge in [0.1, 0.15) is 25.1 Å². The smallest absolute Gasteiger partial charge is 0.342 e. The Morgan fingerprint density at radius 1 is 1.21 bits per heavy atom. The minimum Gasteiger partial charge on any atom is -0.489 e. The number of hydrogen-bond donors (Lipinski definition) is 0. The molecule has 1 aromatic heterocycles. The van der Waals surface area contributed by atoms with Crippen molar-refractivity contribution in [2.45, 2.75) is 13.5 Å². The number of allylic oxidation sites excluding steroid dienone is 1. The van der Waals surface area contributed by atoms with Crippen molar-refractivity contribution in [3.63, 3.8) is 0 Å². The number of hydrogen-bond acceptors (Lipinski definition) is 5. The van der Waals surface area contributed by atoms with E-state index in [0.29, 0.717) is 23.7 Å². The molecule has 0 fully saturated rings. The van der Waals surface area contributed by atoms with E-state index in [1.165, 1.54) is 16.8 Å². The van der Waals surface area contributed by atoms with Crippen LogP contribution in [0.2, 0.25) is 0 Å². The van der Waals surface area contributed by atoms with E-state index in [1.54, 1.807) is 37.3 Å². The van der Waals surface area contributed by atoms with Gasteiger partial charge in [0.25, 0.3) is 0 Å². The minimum absolute atomic E-state index is 0.0652. The Morgan fingerprint density at radius 3 is 2.55 bits per heavy atom. The summed E-state index contributed by atoms with van der Waals surface area (Å²) >= 11 is 3.37. The number of benzene rings is 2. The van der Waals surface area contributed by atoms with Gasteiger partial charge in [-0.15, -0.1) is 0 Å². The standard InChI is InChI=1S/C21H18BrN3O4/c1-15-23-14-21(25(27)28)24(15)12-13-29-19-9-5-17(6-10-19)20(26)11-4-16-2-7-18(22)8-3-16/h2-11,14H,12-13H2,1H3/b11-4+. The molecule has 0 aliphatic rings. The fourth-order valence-corrected chi connectivity index (χ4v) is 2.95. The molecule has 0 unspecified atom stereocenters. The number of halogens is 1. The van der Waals surface area contributed by atoms with Crippen molar-refractivity contribution in [3.05, 3.63) is 92.3 Å². The summed E-state index contributed by atoms with van der Waals surface area (Å²) < 4.78 is 8.11. The Balaban J connectivity index is 1.56. The number of nitrogens with zero attached hydrogens (tertiary/aromatic N) is 3. The number of carbonyl (C=O) groups excluding carboxylic acids is 1. The molecule has 0 aliphatic carbocycles. The highest BCUT2D eigenvalue weighted by atomic mass is 79.9. The maximum atomic E-state index is 12.3. The fraction of sp³-hybridized carbons (Fsp3) is 0.143.